The highest BCUT2D eigenvalue weighted by atomic mass is 32.1. The van der Waals surface area contributed by atoms with Gasteiger partial charge in [-0.2, -0.15) is 0 Å². The van der Waals surface area contributed by atoms with Crippen LogP contribution < -0.4 is 5.73 Å². The van der Waals surface area contributed by atoms with Gasteiger partial charge in [0, 0.05) is 17.3 Å². The highest BCUT2D eigenvalue weighted by Gasteiger charge is 2.15. The molecular formula is C14H14N2S2. The van der Waals surface area contributed by atoms with Gasteiger partial charge in [0.25, 0.3) is 0 Å². The van der Waals surface area contributed by atoms with Gasteiger partial charge in [-0.3, -0.25) is 0 Å². The molecule has 18 heavy (non-hydrogen) atoms. The third-order valence-corrected chi connectivity index (χ3v) is 5.07. The summed E-state index contributed by atoms with van der Waals surface area (Å²) in [5.41, 5.74) is 7.00. The third kappa shape index (κ3) is 2.32. The minimum absolute atomic E-state index is 0.334. The summed E-state index contributed by atoms with van der Waals surface area (Å²) in [6.45, 7) is 0.651. The first-order valence-corrected chi connectivity index (χ1v) is 7.64. The van der Waals surface area contributed by atoms with Crippen molar-refractivity contribution in [3.8, 4) is 0 Å². The smallest absolute Gasteiger partial charge is 0.0985 e. The van der Waals surface area contributed by atoms with E-state index >= 15 is 0 Å². The van der Waals surface area contributed by atoms with E-state index < -0.39 is 0 Å². The molecule has 2 nitrogen and oxygen atoms in total. The topological polar surface area (TPSA) is 38.9 Å². The molecule has 0 radical (unpaired) electrons. The molecular weight excluding hydrogens is 260 g/mol. The first-order valence-electron chi connectivity index (χ1n) is 5.94. The van der Waals surface area contributed by atoms with E-state index in [0.29, 0.717) is 12.5 Å². The van der Waals surface area contributed by atoms with E-state index in [0.717, 1.165) is 16.9 Å². The molecule has 0 saturated carbocycles. The van der Waals surface area contributed by atoms with Crippen molar-refractivity contribution in [1.82, 2.24) is 4.98 Å². The van der Waals surface area contributed by atoms with E-state index in [1.807, 2.05) is 6.07 Å². The number of thiophene rings is 1. The Morgan fingerprint density at radius 1 is 1.17 bits per heavy atom. The normalized spacial score (nSPS) is 12.9. The molecule has 2 aromatic heterocycles. The Morgan fingerprint density at radius 2 is 2.06 bits per heavy atom. The van der Waals surface area contributed by atoms with Gasteiger partial charge in [0.05, 0.1) is 15.2 Å². The number of nitrogens with two attached hydrogens (primary N) is 1. The number of hydrogen-bond donors (Lipinski definition) is 1. The predicted molar refractivity (Wildman–Crippen MR) is 79.4 cm³/mol. The van der Waals surface area contributed by atoms with E-state index in [1.165, 1.54) is 9.58 Å². The molecule has 0 amide bonds. The van der Waals surface area contributed by atoms with Crippen molar-refractivity contribution in [3.05, 3.63) is 51.7 Å². The third-order valence-electron chi connectivity index (χ3n) is 2.97. The number of nitrogens with zero attached hydrogens (tertiary/aromatic N) is 1. The monoisotopic (exact) mass is 274 g/mol. The van der Waals surface area contributed by atoms with Crippen LogP contribution in [0.25, 0.3) is 10.2 Å². The molecule has 0 saturated heterocycles. The molecule has 0 aliphatic rings. The van der Waals surface area contributed by atoms with Gasteiger partial charge in [-0.15, -0.1) is 22.7 Å². The minimum atomic E-state index is 0.334. The Balaban J connectivity index is 1.90. The van der Waals surface area contributed by atoms with Gasteiger partial charge in [0.2, 0.25) is 0 Å². The second-order valence-electron chi connectivity index (χ2n) is 4.24. The zero-order chi connectivity index (χ0) is 12.4. The van der Waals surface area contributed by atoms with Crippen LogP contribution in [0.5, 0.6) is 0 Å². The molecule has 3 aromatic rings. The zero-order valence-corrected chi connectivity index (χ0v) is 11.5. The highest BCUT2D eigenvalue weighted by molar-refractivity contribution is 7.18. The first-order chi connectivity index (χ1) is 8.86. The minimum Gasteiger partial charge on any atom is -0.330 e. The molecule has 0 aliphatic heterocycles. The summed E-state index contributed by atoms with van der Waals surface area (Å²) >= 11 is 3.55. The molecule has 4 heteroatoms. The number of hydrogen-bond acceptors (Lipinski definition) is 4. The van der Waals surface area contributed by atoms with Crippen molar-refractivity contribution in [3.63, 3.8) is 0 Å². The fourth-order valence-corrected chi connectivity index (χ4v) is 3.87. The summed E-state index contributed by atoms with van der Waals surface area (Å²) in [7, 11) is 0. The van der Waals surface area contributed by atoms with Crippen molar-refractivity contribution < 1.29 is 0 Å². The summed E-state index contributed by atoms with van der Waals surface area (Å²) < 4.78 is 1.25. The standard InChI is InChI=1S/C14H14N2S2/c15-9-10(8-11-4-3-7-17-11)14-16-12-5-1-2-6-13(12)18-14/h1-7,10H,8-9,15H2. The molecule has 1 aromatic carbocycles. The summed E-state index contributed by atoms with van der Waals surface area (Å²) in [6.07, 6.45) is 0.994. The van der Waals surface area contributed by atoms with Crippen LogP contribution in [0.2, 0.25) is 0 Å². The molecule has 2 N–H and O–H groups in total. The maximum atomic E-state index is 5.91. The molecule has 0 fully saturated rings. The zero-order valence-electron chi connectivity index (χ0n) is 9.87. The number of aromatic nitrogens is 1. The molecule has 0 bridgehead atoms. The van der Waals surface area contributed by atoms with Crippen LogP contribution >= 0.6 is 22.7 Å². The van der Waals surface area contributed by atoms with Gasteiger partial charge < -0.3 is 5.73 Å². The van der Waals surface area contributed by atoms with Crippen LogP contribution in [0, 0.1) is 0 Å². The Labute approximate surface area is 114 Å². The lowest BCUT2D eigenvalue weighted by molar-refractivity contribution is 0.697. The van der Waals surface area contributed by atoms with Crippen LogP contribution in [0.1, 0.15) is 15.8 Å². The van der Waals surface area contributed by atoms with E-state index in [2.05, 4.69) is 35.7 Å². The quantitative estimate of drug-likeness (QED) is 0.789. The number of para-hydroxylation sites is 1. The van der Waals surface area contributed by atoms with Crippen LogP contribution in [-0.2, 0) is 6.42 Å². The number of fused-ring (bicyclic) bond motifs is 1. The van der Waals surface area contributed by atoms with Crippen LogP contribution in [-0.4, -0.2) is 11.5 Å². The number of thiazole rings is 1. The van der Waals surface area contributed by atoms with Crippen LogP contribution in [0.3, 0.4) is 0 Å². The molecule has 0 spiro atoms. The molecule has 3 rings (SSSR count). The lowest BCUT2D eigenvalue weighted by Crippen LogP contribution is -2.14. The lowest BCUT2D eigenvalue weighted by Gasteiger charge is -2.09. The second kappa shape index (κ2) is 5.18. The fraction of sp³-hybridized carbons (Fsp3) is 0.214. The highest BCUT2D eigenvalue weighted by Crippen LogP contribution is 2.29. The molecule has 1 atom stereocenters. The molecule has 92 valence electrons. The predicted octanol–water partition coefficient (Wildman–Crippen LogP) is 3.64. The summed E-state index contributed by atoms with van der Waals surface area (Å²) in [5, 5.41) is 3.27. The van der Waals surface area contributed by atoms with Gasteiger partial charge in [-0.1, -0.05) is 18.2 Å². The van der Waals surface area contributed by atoms with Crippen molar-refractivity contribution in [1.29, 1.82) is 0 Å². The lowest BCUT2D eigenvalue weighted by atomic mass is 10.1. The SMILES string of the molecule is NCC(Cc1cccs1)c1nc2ccccc2s1. The molecule has 1 unspecified atom stereocenters. The summed E-state index contributed by atoms with van der Waals surface area (Å²) in [4.78, 5) is 6.09. The van der Waals surface area contributed by atoms with Crippen molar-refractivity contribution in [2.24, 2.45) is 5.73 Å². The largest absolute Gasteiger partial charge is 0.330 e. The Bertz CT molecular complexity index is 595. The average molecular weight is 274 g/mol. The van der Waals surface area contributed by atoms with Gasteiger partial charge in [0.1, 0.15) is 0 Å². The Hall–Kier alpha value is -1.23. The van der Waals surface area contributed by atoms with E-state index in [1.54, 1.807) is 22.7 Å². The Morgan fingerprint density at radius 3 is 2.78 bits per heavy atom. The van der Waals surface area contributed by atoms with E-state index in [-0.39, 0.29) is 0 Å². The second-order valence-corrected chi connectivity index (χ2v) is 6.33. The number of rotatable bonds is 4. The first kappa shape index (κ1) is 11.8. The van der Waals surface area contributed by atoms with Crippen LogP contribution in [0.4, 0.5) is 0 Å². The molecule has 0 aliphatic carbocycles. The van der Waals surface area contributed by atoms with Crippen molar-refractivity contribution >= 4 is 32.9 Å². The Kier molecular flexibility index (Phi) is 3.41. The van der Waals surface area contributed by atoms with Gasteiger partial charge in [0.15, 0.2) is 0 Å². The fourth-order valence-electron chi connectivity index (χ4n) is 2.01. The van der Waals surface area contributed by atoms with Gasteiger partial charge in [-0.05, 0) is 30.0 Å². The van der Waals surface area contributed by atoms with Crippen molar-refractivity contribution in [2.75, 3.05) is 6.54 Å². The van der Waals surface area contributed by atoms with Gasteiger partial charge in [-0.25, -0.2) is 4.98 Å². The summed E-state index contributed by atoms with van der Waals surface area (Å²) in [5.74, 6) is 0.334. The maximum Gasteiger partial charge on any atom is 0.0985 e. The van der Waals surface area contributed by atoms with E-state index in [4.69, 9.17) is 10.7 Å². The van der Waals surface area contributed by atoms with Gasteiger partial charge >= 0.3 is 0 Å². The summed E-state index contributed by atoms with van der Waals surface area (Å²) in [6, 6.07) is 12.5. The molecule has 2 heterocycles. The maximum absolute atomic E-state index is 5.91. The number of benzene rings is 1. The van der Waals surface area contributed by atoms with Crippen molar-refractivity contribution in [2.45, 2.75) is 12.3 Å². The van der Waals surface area contributed by atoms with Crippen LogP contribution in [0.15, 0.2) is 41.8 Å². The van der Waals surface area contributed by atoms with E-state index in [9.17, 15) is 0 Å². The average Bonchev–Trinajstić information content (AvgIpc) is 3.04.